The second-order valence-electron chi connectivity index (χ2n) is 23.3. The number of hydrogen-bond acceptors (Lipinski definition) is 10. The number of aryl methyl sites for hydroxylation is 1. The number of benzene rings is 3. The zero-order valence-corrected chi connectivity index (χ0v) is 45.4. The number of anilines is 1. The second-order valence-corrected chi connectivity index (χ2v) is 23.3. The molecule has 3 saturated heterocycles. The molecule has 4 aliphatic heterocycles. The molecule has 19 heteroatoms. The van der Waals surface area contributed by atoms with Gasteiger partial charge in [-0.15, -0.1) is 0 Å². The van der Waals surface area contributed by atoms with Gasteiger partial charge in [0.1, 0.15) is 41.3 Å². The van der Waals surface area contributed by atoms with Crippen molar-refractivity contribution in [2.75, 3.05) is 63.9 Å². The van der Waals surface area contributed by atoms with E-state index in [4.69, 9.17) is 15.2 Å². The van der Waals surface area contributed by atoms with Gasteiger partial charge in [-0.25, -0.2) is 22.4 Å². The molecule has 15 nitrogen and oxygen atoms in total. The summed E-state index contributed by atoms with van der Waals surface area (Å²) in [6, 6.07) is 4.80. The van der Waals surface area contributed by atoms with Crippen LogP contribution >= 0.6 is 0 Å². The molecule has 10 rings (SSSR count). The molecule has 3 unspecified atom stereocenters. The van der Waals surface area contributed by atoms with E-state index in [-0.39, 0.29) is 117 Å². The average molecular weight is 1080 g/mol. The fraction of sp³-hybridized carbons (Fsp3) is 0.559. The third-order valence-corrected chi connectivity index (χ3v) is 18.3. The van der Waals surface area contributed by atoms with E-state index < -0.39 is 53.0 Å². The standard InChI is InChI=1S/C59H74F4N8O7/c1-33-42(60)30-45-48(47(33)50-40(54(64)74)15-16-44(51(50)62)77-28-27-72)34(2)59(78-45,38-9-7-6-8-10-38)31-65-39-13-11-36(12-14-39)56(75)70-24-19-37(20-25-70)58(3,4)32-69-22-17-35(18-23-69)49-43(61)29-41-53(52(49)63)68(5)67-55(41)71-26-21-46(73)66-57(71)76/h6-9,15-16,29-30,34-39,46,65,72-73H,10-14,17-28,31-32H2,1-5H3,(H2,64,74)(H,66,76)/t34?,36?,38?,39?,46?,59-/m0/s1. The Morgan fingerprint density at radius 3 is 2.33 bits per heavy atom. The molecule has 4 amide bonds. The molecule has 0 spiro atoms. The monoisotopic (exact) mass is 1080 g/mol. The van der Waals surface area contributed by atoms with Crippen molar-refractivity contribution >= 4 is 34.6 Å². The number of carbonyl (C=O) groups is 3. The number of nitrogens with zero attached hydrogens (tertiary/aromatic N) is 5. The molecule has 3 aromatic carbocycles. The first-order chi connectivity index (χ1) is 37.3. The Balaban J connectivity index is 0.737. The van der Waals surface area contributed by atoms with Crippen molar-refractivity contribution in [1.82, 2.24) is 30.2 Å². The summed E-state index contributed by atoms with van der Waals surface area (Å²) in [7, 11) is 1.59. The van der Waals surface area contributed by atoms with Crippen molar-refractivity contribution in [2.24, 2.45) is 36.0 Å². The van der Waals surface area contributed by atoms with Crippen LogP contribution < -0.4 is 30.7 Å². The molecule has 4 aromatic rings. The van der Waals surface area contributed by atoms with Crippen molar-refractivity contribution < 1.29 is 51.6 Å². The number of nitrogens with one attached hydrogen (secondary N) is 2. The number of aliphatic hydroxyl groups is 2. The fourth-order valence-electron chi connectivity index (χ4n) is 13.9. The molecule has 2 aliphatic carbocycles. The van der Waals surface area contributed by atoms with Crippen LogP contribution in [0.1, 0.15) is 124 Å². The number of amides is 4. The fourth-order valence-corrected chi connectivity index (χ4v) is 13.9. The van der Waals surface area contributed by atoms with E-state index in [1.165, 1.54) is 33.8 Å². The van der Waals surface area contributed by atoms with Crippen LogP contribution in [0.4, 0.5) is 28.2 Å². The molecule has 6 N–H and O–H groups in total. The maximum atomic E-state index is 16.6. The molecule has 420 valence electrons. The zero-order valence-electron chi connectivity index (χ0n) is 45.4. The zero-order chi connectivity index (χ0) is 55.4. The van der Waals surface area contributed by atoms with Crippen molar-refractivity contribution in [3.63, 3.8) is 0 Å². The quantitative estimate of drug-likeness (QED) is 0.0723. The molecule has 1 aromatic heterocycles. The lowest BCUT2D eigenvalue weighted by atomic mass is 9.71. The molecule has 0 bridgehead atoms. The predicted molar refractivity (Wildman–Crippen MR) is 288 cm³/mol. The number of ether oxygens (including phenoxy) is 2. The van der Waals surface area contributed by atoms with E-state index in [1.807, 2.05) is 19.1 Å². The molecule has 0 radical (unpaired) electrons. The molecule has 5 heterocycles. The summed E-state index contributed by atoms with van der Waals surface area (Å²) in [6.45, 7) is 11.8. The Bertz CT molecular complexity index is 3010. The van der Waals surface area contributed by atoms with E-state index >= 15 is 17.6 Å². The van der Waals surface area contributed by atoms with Gasteiger partial charge in [-0.3, -0.25) is 19.2 Å². The van der Waals surface area contributed by atoms with Gasteiger partial charge in [0.05, 0.1) is 17.6 Å². The first kappa shape index (κ1) is 55.3. The molecule has 6 aliphatic rings. The number of nitrogens with two attached hydrogens (primary N) is 1. The van der Waals surface area contributed by atoms with Gasteiger partial charge >= 0.3 is 6.03 Å². The first-order valence-electron chi connectivity index (χ1n) is 27.9. The van der Waals surface area contributed by atoms with Gasteiger partial charge in [-0.05, 0) is 124 Å². The van der Waals surface area contributed by atoms with Crippen LogP contribution in [-0.2, 0) is 11.8 Å². The van der Waals surface area contributed by atoms with Gasteiger partial charge < -0.3 is 45.9 Å². The number of hydrogen-bond donors (Lipinski definition) is 5. The second kappa shape index (κ2) is 22.3. The van der Waals surface area contributed by atoms with Gasteiger partial charge in [0.2, 0.25) is 11.8 Å². The minimum absolute atomic E-state index is 0.0517. The third-order valence-electron chi connectivity index (χ3n) is 18.3. The highest BCUT2D eigenvalue weighted by atomic mass is 19.1. The summed E-state index contributed by atoms with van der Waals surface area (Å²) in [5.74, 6) is -3.82. The Hall–Kier alpha value is -6.02. The van der Waals surface area contributed by atoms with Crippen molar-refractivity contribution in [3.05, 3.63) is 94.1 Å². The van der Waals surface area contributed by atoms with Gasteiger partial charge in [0, 0.05) is 92.7 Å². The maximum absolute atomic E-state index is 16.6. The van der Waals surface area contributed by atoms with Gasteiger partial charge in [-0.2, -0.15) is 5.10 Å². The normalized spacial score (nSPS) is 25.4. The molecule has 78 heavy (non-hydrogen) atoms. The van der Waals surface area contributed by atoms with Crippen LogP contribution in [0, 0.1) is 53.4 Å². The summed E-state index contributed by atoms with van der Waals surface area (Å²) in [5, 5.41) is 30.1. The SMILES string of the molecule is Cc1c(F)cc2c(c1-c1c(C(N)=O)ccc(OCCO)c1F)C(C)[C@@](CNC1CCC(C(=O)N3CCC(C(C)(C)CN4CCC(c5c(F)cc6c(N7CCC(O)NC7=O)nn(C)c6c5F)CC4)CC3)CC1)(C1C=CC=CC1)O2. The summed E-state index contributed by atoms with van der Waals surface area (Å²) in [4.78, 5) is 45.4. The first-order valence-corrected chi connectivity index (χ1v) is 27.9. The lowest BCUT2D eigenvalue weighted by Crippen LogP contribution is -2.54. The van der Waals surface area contributed by atoms with Crippen LogP contribution in [0.3, 0.4) is 0 Å². The number of piperidine rings is 2. The van der Waals surface area contributed by atoms with Crippen LogP contribution in [0.25, 0.3) is 22.0 Å². The molecule has 1 saturated carbocycles. The largest absolute Gasteiger partial charge is 0.488 e. The van der Waals surface area contributed by atoms with Crippen molar-refractivity contribution in [3.8, 4) is 22.6 Å². The number of likely N-dealkylation sites (tertiary alicyclic amines) is 2. The lowest BCUT2D eigenvalue weighted by molar-refractivity contribution is -0.138. The Morgan fingerprint density at radius 2 is 1.67 bits per heavy atom. The summed E-state index contributed by atoms with van der Waals surface area (Å²) in [5.41, 5.74) is 5.65. The van der Waals surface area contributed by atoms with Gasteiger partial charge in [0.25, 0.3) is 0 Å². The van der Waals surface area contributed by atoms with E-state index in [2.05, 4.69) is 51.5 Å². The average Bonchev–Trinajstić information content (AvgIpc) is 4.03. The summed E-state index contributed by atoms with van der Waals surface area (Å²) < 4.78 is 78.7. The number of allylic oxidation sites excluding steroid dienone is 3. The minimum atomic E-state index is -0.984. The number of urea groups is 1. The van der Waals surface area contributed by atoms with E-state index in [1.54, 1.807) is 14.0 Å². The number of fused-ring (bicyclic) bond motifs is 2. The van der Waals surface area contributed by atoms with Crippen molar-refractivity contribution in [1.29, 1.82) is 0 Å². The summed E-state index contributed by atoms with van der Waals surface area (Å²) >= 11 is 0. The smallest absolute Gasteiger partial charge is 0.325 e. The lowest BCUT2D eigenvalue weighted by Gasteiger charge is -2.45. The molecular weight excluding hydrogens is 1010 g/mol. The van der Waals surface area contributed by atoms with E-state index in [0.29, 0.717) is 63.5 Å². The Morgan fingerprint density at radius 1 is 0.936 bits per heavy atom. The Labute approximate surface area is 453 Å². The van der Waals surface area contributed by atoms with Crippen LogP contribution in [0.15, 0.2) is 48.6 Å². The molecule has 4 fully saturated rings. The molecular formula is C59H74F4N8O7. The Kier molecular flexibility index (Phi) is 15.8. The number of primary amides is 1. The minimum Gasteiger partial charge on any atom is -0.488 e. The highest BCUT2D eigenvalue weighted by Crippen LogP contribution is 2.55. The van der Waals surface area contributed by atoms with Crippen LogP contribution in [0.5, 0.6) is 11.5 Å². The van der Waals surface area contributed by atoms with E-state index in [0.717, 1.165) is 45.1 Å². The van der Waals surface area contributed by atoms with E-state index in [9.17, 15) is 24.6 Å². The highest BCUT2D eigenvalue weighted by molar-refractivity contribution is 6.02. The van der Waals surface area contributed by atoms with Crippen molar-refractivity contribution in [2.45, 2.75) is 122 Å². The maximum Gasteiger partial charge on any atom is 0.325 e. The summed E-state index contributed by atoms with van der Waals surface area (Å²) in [6.07, 6.45) is 14.1. The van der Waals surface area contributed by atoms with Gasteiger partial charge in [-0.1, -0.05) is 45.1 Å². The molecule has 4 atom stereocenters. The predicted octanol–water partition coefficient (Wildman–Crippen LogP) is 8.47. The van der Waals surface area contributed by atoms with Crippen LogP contribution in [0.2, 0.25) is 0 Å². The van der Waals surface area contributed by atoms with Gasteiger partial charge in [0.15, 0.2) is 23.2 Å². The number of carbonyl (C=O) groups excluding carboxylic acids is 3. The highest BCUT2D eigenvalue weighted by Gasteiger charge is 2.53. The third kappa shape index (κ3) is 10.3. The number of halogens is 4. The number of aliphatic hydroxyl groups excluding tert-OH is 2. The van der Waals surface area contributed by atoms with Crippen LogP contribution in [-0.4, -0.2) is 125 Å². The topological polar surface area (TPSA) is 188 Å². The number of aromatic nitrogens is 2. The number of rotatable bonds is 15.